The van der Waals surface area contributed by atoms with E-state index in [-0.39, 0.29) is 5.54 Å². The van der Waals surface area contributed by atoms with Gasteiger partial charge in [0, 0.05) is 30.7 Å². The van der Waals surface area contributed by atoms with Gasteiger partial charge in [-0.15, -0.1) is 0 Å². The Hall–Kier alpha value is -0.120. The van der Waals surface area contributed by atoms with E-state index in [1.165, 1.54) is 25.7 Å². The van der Waals surface area contributed by atoms with Gasteiger partial charge in [-0.05, 0) is 26.2 Å². The van der Waals surface area contributed by atoms with Crippen LogP contribution in [-0.4, -0.2) is 31.3 Å². The van der Waals surface area contributed by atoms with Gasteiger partial charge in [0.1, 0.15) is 0 Å². The molecule has 2 fully saturated rings. The van der Waals surface area contributed by atoms with Crippen LogP contribution in [0.3, 0.4) is 0 Å². The number of rotatable bonds is 4. The van der Waals surface area contributed by atoms with Gasteiger partial charge in [-0.3, -0.25) is 0 Å². The molecular weight excluding hydrogens is 188 g/mol. The zero-order chi connectivity index (χ0) is 10.7. The van der Waals surface area contributed by atoms with Crippen molar-refractivity contribution in [1.29, 1.82) is 0 Å². The summed E-state index contributed by atoms with van der Waals surface area (Å²) in [7, 11) is 0. The van der Waals surface area contributed by atoms with Crippen molar-refractivity contribution in [1.82, 2.24) is 5.32 Å². The molecule has 3 N–H and O–H groups in total. The SMILES string of the molecule is CC(CN)(NC1CCCC1)C1CCOC1. The number of ether oxygens (including phenoxy) is 1. The summed E-state index contributed by atoms with van der Waals surface area (Å²) in [6.07, 6.45) is 6.55. The quantitative estimate of drug-likeness (QED) is 0.738. The maximum Gasteiger partial charge on any atom is 0.0513 e. The molecule has 0 aromatic heterocycles. The first-order valence-corrected chi connectivity index (χ1v) is 6.30. The van der Waals surface area contributed by atoms with Crippen molar-refractivity contribution in [3.8, 4) is 0 Å². The van der Waals surface area contributed by atoms with Crippen LogP contribution < -0.4 is 11.1 Å². The van der Waals surface area contributed by atoms with Gasteiger partial charge in [-0.25, -0.2) is 0 Å². The Labute approximate surface area is 92.7 Å². The third kappa shape index (κ3) is 2.52. The summed E-state index contributed by atoms with van der Waals surface area (Å²) in [5, 5.41) is 3.78. The largest absolute Gasteiger partial charge is 0.381 e. The second-order valence-electron chi connectivity index (χ2n) is 5.31. The van der Waals surface area contributed by atoms with E-state index in [9.17, 15) is 0 Å². The molecule has 0 amide bonds. The molecule has 2 atom stereocenters. The lowest BCUT2D eigenvalue weighted by molar-refractivity contribution is 0.148. The van der Waals surface area contributed by atoms with Crippen LogP contribution in [0.5, 0.6) is 0 Å². The molecule has 15 heavy (non-hydrogen) atoms. The van der Waals surface area contributed by atoms with Crippen LogP contribution in [-0.2, 0) is 4.74 Å². The van der Waals surface area contributed by atoms with E-state index in [1.807, 2.05) is 0 Å². The van der Waals surface area contributed by atoms with Crippen molar-refractivity contribution < 1.29 is 4.74 Å². The van der Waals surface area contributed by atoms with Gasteiger partial charge in [0.25, 0.3) is 0 Å². The van der Waals surface area contributed by atoms with Crippen LogP contribution >= 0.6 is 0 Å². The maximum absolute atomic E-state index is 5.95. The van der Waals surface area contributed by atoms with Crippen LogP contribution in [0.25, 0.3) is 0 Å². The molecule has 88 valence electrons. The van der Waals surface area contributed by atoms with E-state index in [0.717, 1.165) is 26.2 Å². The predicted octanol–water partition coefficient (Wildman–Crippen LogP) is 1.27. The summed E-state index contributed by atoms with van der Waals surface area (Å²) in [5.74, 6) is 0.600. The standard InChI is InChI=1S/C12H24N2O/c1-12(9-13,10-6-7-15-8-10)14-11-4-2-3-5-11/h10-11,14H,2-9,13H2,1H3. The van der Waals surface area contributed by atoms with Crippen molar-refractivity contribution in [3.63, 3.8) is 0 Å². The lowest BCUT2D eigenvalue weighted by atomic mass is 9.84. The maximum atomic E-state index is 5.95. The van der Waals surface area contributed by atoms with E-state index < -0.39 is 0 Å². The minimum absolute atomic E-state index is 0.0888. The van der Waals surface area contributed by atoms with E-state index in [4.69, 9.17) is 10.5 Å². The molecule has 3 nitrogen and oxygen atoms in total. The summed E-state index contributed by atoms with van der Waals surface area (Å²) in [4.78, 5) is 0. The minimum Gasteiger partial charge on any atom is -0.381 e. The Bertz CT molecular complexity index is 198. The third-order valence-electron chi connectivity index (χ3n) is 4.14. The van der Waals surface area contributed by atoms with Crippen molar-refractivity contribution in [3.05, 3.63) is 0 Å². The van der Waals surface area contributed by atoms with Gasteiger partial charge in [0.05, 0.1) is 6.61 Å². The lowest BCUT2D eigenvalue weighted by Crippen LogP contribution is -2.57. The first-order valence-electron chi connectivity index (χ1n) is 6.30. The van der Waals surface area contributed by atoms with Crippen LogP contribution in [0.15, 0.2) is 0 Å². The molecule has 0 radical (unpaired) electrons. The van der Waals surface area contributed by atoms with Gasteiger partial charge >= 0.3 is 0 Å². The van der Waals surface area contributed by atoms with Gasteiger partial charge in [-0.2, -0.15) is 0 Å². The van der Waals surface area contributed by atoms with Crippen molar-refractivity contribution in [2.75, 3.05) is 19.8 Å². The van der Waals surface area contributed by atoms with Crippen LogP contribution in [0, 0.1) is 5.92 Å². The number of hydrogen-bond donors (Lipinski definition) is 2. The van der Waals surface area contributed by atoms with Crippen LogP contribution in [0.2, 0.25) is 0 Å². The molecule has 2 aliphatic rings. The third-order valence-corrected chi connectivity index (χ3v) is 4.14. The molecule has 0 aromatic carbocycles. The van der Waals surface area contributed by atoms with E-state index >= 15 is 0 Å². The molecule has 1 aliphatic carbocycles. The van der Waals surface area contributed by atoms with E-state index in [1.54, 1.807) is 0 Å². The Balaban J connectivity index is 1.93. The summed E-state index contributed by atoms with van der Waals surface area (Å²) >= 11 is 0. The Morgan fingerprint density at radius 1 is 1.33 bits per heavy atom. The normalized spacial score (nSPS) is 32.0. The number of nitrogens with one attached hydrogen (secondary N) is 1. The summed E-state index contributed by atoms with van der Waals surface area (Å²) in [6, 6.07) is 0.694. The first kappa shape index (κ1) is 11.4. The molecule has 0 spiro atoms. The lowest BCUT2D eigenvalue weighted by Gasteiger charge is -2.37. The molecule has 2 unspecified atom stereocenters. The van der Waals surface area contributed by atoms with Crippen molar-refractivity contribution >= 4 is 0 Å². The Kier molecular flexibility index (Phi) is 3.65. The highest BCUT2D eigenvalue weighted by Gasteiger charge is 2.37. The van der Waals surface area contributed by atoms with Gasteiger partial charge in [0.15, 0.2) is 0 Å². The fourth-order valence-electron chi connectivity index (χ4n) is 2.92. The topological polar surface area (TPSA) is 47.3 Å². The second kappa shape index (κ2) is 4.81. The molecular formula is C12H24N2O. The molecule has 1 aliphatic heterocycles. The fraction of sp³-hybridized carbons (Fsp3) is 1.00. The highest BCUT2D eigenvalue weighted by molar-refractivity contribution is 4.96. The second-order valence-corrected chi connectivity index (χ2v) is 5.31. The average Bonchev–Trinajstić information content (AvgIpc) is 2.89. The average molecular weight is 212 g/mol. The molecule has 1 saturated heterocycles. The summed E-state index contributed by atoms with van der Waals surface area (Å²) in [6.45, 7) is 4.78. The number of nitrogens with two attached hydrogens (primary N) is 1. The minimum atomic E-state index is 0.0888. The van der Waals surface area contributed by atoms with Gasteiger partial charge in [0.2, 0.25) is 0 Å². The van der Waals surface area contributed by atoms with Crippen molar-refractivity contribution in [2.45, 2.75) is 50.6 Å². The molecule has 0 aromatic rings. The van der Waals surface area contributed by atoms with Crippen molar-refractivity contribution in [2.24, 2.45) is 11.7 Å². The van der Waals surface area contributed by atoms with Gasteiger partial charge in [-0.1, -0.05) is 12.8 Å². The summed E-state index contributed by atoms with van der Waals surface area (Å²) in [5.41, 5.74) is 6.04. The molecule has 0 bridgehead atoms. The fourth-order valence-corrected chi connectivity index (χ4v) is 2.92. The van der Waals surface area contributed by atoms with Crippen LogP contribution in [0.1, 0.15) is 39.0 Å². The molecule has 2 rings (SSSR count). The van der Waals surface area contributed by atoms with Gasteiger partial charge < -0.3 is 15.8 Å². The number of hydrogen-bond acceptors (Lipinski definition) is 3. The zero-order valence-corrected chi connectivity index (χ0v) is 9.80. The van der Waals surface area contributed by atoms with E-state index in [2.05, 4.69) is 12.2 Å². The highest BCUT2D eigenvalue weighted by Crippen LogP contribution is 2.28. The first-order chi connectivity index (χ1) is 7.24. The summed E-state index contributed by atoms with van der Waals surface area (Å²) < 4.78 is 5.47. The van der Waals surface area contributed by atoms with Crippen LogP contribution in [0.4, 0.5) is 0 Å². The Morgan fingerprint density at radius 2 is 2.07 bits per heavy atom. The molecule has 1 saturated carbocycles. The smallest absolute Gasteiger partial charge is 0.0513 e. The highest BCUT2D eigenvalue weighted by atomic mass is 16.5. The Morgan fingerprint density at radius 3 is 2.60 bits per heavy atom. The predicted molar refractivity (Wildman–Crippen MR) is 61.8 cm³/mol. The monoisotopic (exact) mass is 212 g/mol. The molecule has 3 heteroatoms. The van der Waals surface area contributed by atoms with E-state index in [0.29, 0.717) is 12.0 Å². The zero-order valence-electron chi connectivity index (χ0n) is 9.80. The molecule has 1 heterocycles.